The average molecular weight is 383 g/mol. The SMILES string of the molecule is C#C[C@]1(OC(C)=O)CC[C@H]2[C@@H]3CC=C4C=C(OCC)CC[C@@H]4[C@H]3CC[C@]21CC. The van der Waals surface area contributed by atoms with E-state index in [0.717, 1.165) is 56.8 Å². The number of esters is 1. The Morgan fingerprint density at radius 3 is 2.75 bits per heavy atom. The van der Waals surface area contributed by atoms with Gasteiger partial charge in [0, 0.05) is 18.8 Å². The van der Waals surface area contributed by atoms with Gasteiger partial charge in [-0.2, -0.15) is 0 Å². The van der Waals surface area contributed by atoms with Crippen LogP contribution in [0.25, 0.3) is 0 Å². The van der Waals surface area contributed by atoms with Crippen LogP contribution in [-0.4, -0.2) is 18.2 Å². The summed E-state index contributed by atoms with van der Waals surface area (Å²) in [6.45, 7) is 6.56. The molecule has 0 amide bonds. The molecule has 152 valence electrons. The van der Waals surface area contributed by atoms with Crippen LogP contribution in [0.5, 0.6) is 0 Å². The highest BCUT2D eigenvalue weighted by atomic mass is 16.6. The van der Waals surface area contributed by atoms with Crippen molar-refractivity contribution < 1.29 is 14.3 Å². The Labute approximate surface area is 169 Å². The van der Waals surface area contributed by atoms with E-state index in [9.17, 15) is 4.79 Å². The van der Waals surface area contributed by atoms with Gasteiger partial charge in [0.2, 0.25) is 0 Å². The van der Waals surface area contributed by atoms with Crippen LogP contribution in [0.4, 0.5) is 0 Å². The van der Waals surface area contributed by atoms with Gasteiger partial charge in [-0.05, 0) is 87.2 Å². The lowest BCUT2D eigenvalue weighted by Gasteiger charge is -2.55. The Bertz CT molecular complexity index is 741. The maximum atomic E-state index is 11.9. The minimum Gasteiger partial charge on any atom is -0.498 e. The van der Waals surface area contributed by atoms with Crippen LogP contribution in [0.3, 0.4) is 0 Å². The highest BCUT2D eigenvalue weighted by Gasteiger charge is 2.65. The molecule has 6 atom stereocenters. The summed E-state index contributed by atoms with van der Waals surface area (Å²) in [6.07, 6.45) is 19.4. The van der Waals surface area contributed by atoms with Crippen molar-refractivity contribution in [3.63, 3.8) is 0 Å². The molecule has 4 rings (SSSR count). The van der Waals surface area contributed by atoms with Gasteiger partial charge in [-0.25, -0.2) is 0 Å². The summed E-state index contributed by atoms with van der Waals surface area (Å²) < 4.78 is 11.7. The van der Waals surface area contributed by atoms with Gasteiger partial charge in [0.1, 0.15) is 0 Å². The fourth-order valence-corrected chi connectivity index (χ4v) is 7.41. The number of rotatable bonds is 4. The van der Waals surface area contributed by atoms with Crippen molar-refractivity contribution in [2.75, 3.05) is 6.61 Å². The van der Waals surface area contributed by atoms with Crippen molar-refractivity contribution >= 4 is 5.97 Å². The first-order valence-corrected chi connectivity index (χ1v) is 11.2. The lowest BCUT2D eigenvalue weighted by Crippen LogP contribution is -2.54. The lowest BCUT2D eigenvalue weighted by molar-refractivity contribution is -0.170. The van der Waals surface area contributed by atoms with Crippen LogP contribution in [0.15, 0.2) is 23.5 Å². The third-order valence-corrected chi connectivity index (χ3v) is 8.42. The van der Waals surface area contributed by atoms with E-state index >= 15 is 0 Å². The summed E-state index contributed by atoms with van der Waals surface area (Å²) in [5, 5.41) is 0. The van der Waals surface area contributed by atoms with E-state index in [1.807, 2.05) is 0 Å². The molecule has 0 spiro atoms. The molecule has 0 heterocycles. The van der Waals surface area contributed by atoms with Gasteiger partial charge in [0.15, 0.2) is 5.60 Å². The molecule has 0 aromatic carbocycles. The molecule has 3 nitrogen and oxygen atoms in total. The summed E-state index contributed by atoms with van der Waals surface area (Å²) in [5.74, 6) is 6.52. The minimum absolute atomic E-state index is 0.0546. The molecule has 0 saturated heterocycles. The monoisotopic (exact) mass is 382 g/mol. The highest BCUT2D eigenvalue weighted by molar-refractivity contribution is 5.67. The van der Waals surface area contributed by atoms with Crippen molar-refractivity contribution in [1.29, 1.82) is 0 Å². The summed E-state index contributed by atoms with van der Waals surface area (Å²) in [5.41, 5.74) is 0.740. The number of allylic oxidation sites excluding steroid dienone is 4. The summed E-state index contributed by atoms with van der Waals surface area (Å²) >= 11 is 0. The largest absolute Gasteiger partial charge is 0.498 e. The molecule has 28 heavy (non-hydrogen) atoms. The van der Waals surface area contributed by atoms with E-state index in [0.29, 0.717) is 17.8 Å². The van der Waals surface area contributed by atoms with Crippen LogP contribution in [0.1, 0.15) is 72.1 Å². The molecule has 0 N–H and O–H groups in total. The number of terminal acetylenes is 1. The van der Waals surface area contributed by atoms with Gasteiger partial charge in [-0.15, -0.1) is 6.42 Å². The second-order valence-electron chi connectivity index (χ2n) is 9.21. The van der Waals surface area contributed by atoms with E-state index in [-0.39, 0.29) is 11.4 Å². The third-order valence-electron chi connectivity index (χ3n) is 8.42. The first-order valence-electron chi connectivity index (χ1n) is 11.2. The summed E-state index contributed by atoms with van der Waals surface area (Å²) in [4.78, 5) is 11.9. The topological polar surface area (TPSA) is 35.5 Å². The third kappa shape index (κ3) is 2.75. The van der Waals surface area contributed by atoms with Crippen LogP contribution in [-0.2, 0) is 14.3 Å². The number of carbonyl (C=O) groups is 1. The van der Waals surface area contributed by atoms with Crippen molar-refractivity contribution in [3.05, 3.63) is 23.5 Å². The molecule has 0 aliphatic heterocycles. The fourth-order valence-electron chi connectivity index (χ4n) is 7.41. The van der Waals surface area contributed by atoms with Gasteiger partial charge < -0.3 is 9.47 Å². The first kappa shape index (κ1) is 19.6. The normalized spacial score (nSPS) is 41.5. The number of carbonyl (C=O) groups excluding carboxylic acids is 1. The molecular weight excluding hydrogens is 348 g/mol. The molecule has 0 radical (unpaired) electrons. The predicted octanol–water partition coefficient (Wildman–Crippen LogP) is 5.41. The first-order chi connectivity index (χ1) is 13.5. The summed E-state index contributed by atoms with van der Waals surface area (Å²) in [6, 6.07) is 0. The standard InChI is InChI=1S/C25H34O3/c1-5-24-14-12-21-20-11-9-19(27-7-3)16-18(20)8-10-22(21)23(24)13-15-25(24,6-2)28-17(4)26/h2,8,16,20-23H,5,7,9-15H2,1,3-4H3/t20-,21+,22+,23-,24+,25-/m0/s1. The van der Waals surface area contributed by atoms with Crippen molar-refractivity contribution in [1.82, 2.24) is 0 Å². The predicted molar refractivity (Wildman–Crippen MR) is 110 cm³/mol. The van der Waals surface area contributed by atoms with E-state index in [1.165, 1.54) is 25.3 Å². The molecule has 4 aliphatic carbocycles. The molecule has 4 aliphatic rings. The van der Waals surface area contributed by atoms with Crippen molar-refractivity contribution in [2.45, 2.75) is 77.7 Å². The second kappa shape index (κ2) is 7.29. The number of ether oxygens (including phenoxy) is 2. The van der Waals surface area contributed by atoms with Crippen molar-refractivity contribution in [3.8, 4) is 12.3 Å². The Balaban J connectivity index is 1.65. The molecule has 2 saturated carbocycles. The molecule has 0 aromatic rings. The van der Waals surface area contributed by atoms with Gasteiger partial charge in [-0.1, -0.05) is 18.9 Å². The summed E-state index contributed by atoms with van der Waals surface area (Å²) in [7, 11) is 0. The second-order valence-corrected chi connectivity index (χ2v) is 9.21. The van der Waals surface area contributed by atoms with E-state index in [4.69, 9.17) is 15.9 Å². The number of fused-ring (bicyclic) bond motifs is 5. The van der Waals surface area contributed by atoms with Crippen LogP contribution >= 0.6 is 0 Å². The Hall–Kier alpha value is -1.69. The smallest absolute Gasteiger partial charge is 0.304 e. The zero-order valence-corrected chi connectivity index (χ0v) is 17.6. The van der Waals surface area contributed by atoms with Gasteiger partial charge in [0.25, 0.3) is 0 Å². The van der Waals surface area contributed by atoms with Gasteiger partial charge >= 0.3 is 5.97 Å². The quantitative estimate of drug-likeness (QED) is 0.481. The molecule has 2 fully saturated rings. The van der Waals surface area contributed by atoms with Gasteiger partial charge in [0.05, 0.1) is 12.4 Å². The maximum Gasteiger partial charge on any atom is 0.304 e. The Kier molecular flexibility index (Phi) is 5.10. The lowest BCUT2D eigenvalue weighted by atomic mass is 9.50. The van der Waals surface area contributed by atoms with Crippen LogP contribution in [0.2, 0.25) is 0 Å². The Morgan fingerprint density at radius 1 is 1.25 bits per heavy atom. The molecular formula is C25H34O3. The fraction of sp³-hybridized carbons (Fsp3) is 0.720. The van der Waals surface area contributed by atoms with Gasteiger partial charge in [-0.3, -0.25) is 4.79 Å². The highest BCUT2D eigenvalue weighted by Crippen LogP contribution is 2.66. The molecule has 0 unspecified atom stereocenters. The maximum absolute atomic E-state index is 11.9. The van der Waals surface area contributed by atoms with E-state index in [2.05, 4.69) is 31.9 Å². The zero-order valence-electron chi connectivity index (χ0n) is 17.6. The number of hydrogen-bond donors (Lipinski definition) is 0. The number of hydrogen-bond acceptors (Lipinski definition) is 3. The molecule has 0 bridgehead atoms. The molecule has 0 aromatic heterocycles. The van der Waals surface area contributed by atoms with Crippen LogP contribution in [0, 0.1) is 41.4 Å². The Morgan fingerprint density at radius 2 is 2.07 bits per heavy atom. The average Bonchev–Trinajstić information content (AvgIpc) is 3.02. The van der Waals surface area contributed by atoms with E-state index < -0.39 is 5.60 Å². The van der Waals surface area contributed by atoms with Crippen molar-refractivity contribution in [2.24, 2.45) is 29.1 Å². The van der Waals surface area contributed by atoms with E-state index in [1.54, 1.807) is 0 Å². The van der Waals surface area contributed by atoms with Crippen LogP contribution < -0.4 is 0 Å². The zero-order chi connectivity index (χ0) is 19.9. The molecule has 3 heteroatoms. The minimum atomic E-state index is -0.707.